The first-order valence-electron chi connectivity index (χ1n) is 10.6. The van der Waals surface area contributed by atoms with Gasteiger partial charge >= 0.3 is 5.69 Å². The number of hydrogen-bond donors (Lipinski definition) is 0. The average molecular weight is 444 g/mol. The Morgan fingerprint density at radius 2 is 1.67 bits per heavy atom. The van der Waals surface area contributed by atoms with Crippen LogP contribution in [-0.2, 0) is 20.6 Å². The zero-order chi connectivity index (χ0) is 23.4. The third-order valence-electron chi connectivity index (χ3n) is 6.16. The average Bonchev–Trinajstić information content (AvgIpc) is 3.38. The maximum Gasteiger partial charge on any atom is 0.332 e. The second-order valence-electron chi connectivity index (χ2n) is 8.28. The predicted octanol–water partition coefficient (Wildman–Crippen LogP) is 2.42. The van der Waals surface area contributed by atoms with E-state index in [0.29, 0.717) is 29.3 Å². The Morgan fingerprint density at radius 3 is 2.36 bits per heavy atom. The molecule has 0 saturated heterocycles. The number of imidazole rings is 1. The van der Waals surface area contributed by atoms with E-state index in [9.17, 15) is 9.59 Å². The van der Waals surface area contributed by atoms with Gasteiger partial charge in [0, 0.05) is 19.7 Å². The van der Waals surface area contributed by atoms with Gasteiger partial charge < -0.3 is 4.74 Å². The van der Waals surface area contributed by atoms with Crippen molar-refractivity contribution >= 4 is 16.9 Å². The summed E-state index contributed by atoms with van der Waals surface area (Å²) in [6.45, 7) is 4.50. The first-order valence-corrected chi connectivity index (χ1v) is 10.6. The number of nitrogens with zero attached hydrogens (tertiary/aromatic N) is 6. The van der Waals surface area contributed by atoms with Crippen molar-refractivity contribution in [1.82, 2.24) is 28.3 Å². The van der Waals surface area contributed by atoms with Crippen LogP contribution in [0.25, 0.3) is 28.3 Å². The highest BCUT2D eigenvalue weighted by atomic mass is 16.5. The molecule has 0 amide bonds. The number of aromatic nitrogens is 6. The van der Waals surface area contributed by atoms with E-state index < -0.39 is 5.69 Å². The van der Waals surface area contributed by atoms with E-state index in [4.69, 9.17) is 4.74 Å². The zero-order valence-electron chi connectivity index (χ0n) is 19.2. The third-order valence-corrected chi connectivity index (χ3v) is 6.16. The van der Waals surface area contributed by atoms with E-state index >= 15 is 0 Å². The molecule has 5 rings (SSSR count). The Labute approximate surface area is 189 Å². The Balaban J connectivity index is 1.88. The summed E-state index contributed by atoms with van der Waals surface area (Å²) in [5.41, 5.74) is 4.18. The standard InChI is InChI=1S/C24H24N6O3/c1-14-6-7-15(2)17(12-14)13-29-19-21(27(3)24(32)28(4)22(19)31)30-20(25-26-23(29)30)16-8-10-18(33-5)11-9-16/h6-12H,13H2,1-5H3. The van der Waals surface area contributed by atoms with Crippen LogP contribution in [0.1, 0.15) is 16.7 Å². The van der Waals surface area contributed by atoms with Crippen LogP contribution in [0.15, 0.2) is 52.1 Å². The molecule has 2 aromatic carbocycles. The van der Waals surface area contributed by atoms with Crippen molar-refractivity contribution in [3.63, 3.8) is 0 Å². The molecule has 0 aliphatic rings. The van der Waals surface area contributed by atoms with Gasteiger partial charge in [-0.05, 0) is 49.2 Å². The maximum absolute atomic E-state index is 13.3. The Bertz CT molecular complexity index is 1650. The first-order chi connectivity index (χ1) is 15.8. The molecular weight excluding hydrogens is 420 g/mol. The lowest BCUT2D eigenvalue weighted by atomic mass is 10.1. The number of benzene rings is 2. The summed E-state index contributed by atoms with van der Waals surface area (Å²) in [4.78, 5) is 26.1. The second-order valence-corrected chi connectivity index (χ2v) is 8.28. The van der Waals surface area contributed by atoms with E-state index in [1.54, 1.807) is 18.6 Å². The Kier molecular flexibility index (Phi) is 4.70. The zero-order valence-corrected chi connectivity index (χ0v) is 19.2. The second kappa shape index (κ2) is 7.47. The largest absolute Gasteiger partial charge is 0.497 e. The van der Waals surface area contributed by atoms with Gasteiger partial charge in [0.15, 0.2) is 17.0 Å². The molecule has 168 valence electrons. The highest BCUT2D eigenvalue weighted by Crippen LogP contribution is 2.27. The van der Waals surface area contributed by atoms with Crippen molar-refractivity contribution in [2.24, 2.45) is 14.1 Å². The predicted molar refractivity (Wildman–Crippen MR) is 126 cm³/mol. The summed E-state index contributed by atoms with van der Waals surface area (Å²) in [6, 6.07) is 13.7. The van der Waals surface area contributed by atoms with Crippen LogP contribution >= 0.6 is 0 Å². The number of rotatable bonds is 4. The molecule has 0 saturated carbocycles. The number of fused-ring (bicyclic) bond motifs is 3. The fourth-order valence-corrected chi connectivity index (χ4v) is 4.27. The molecule has 0 aliphatic carbocycles. The summed E-state index contributed by atoms with van der Waals surface area (Å²) < 4.78 is 11.5. The van der Waals surface area contributed by atoms with Crippen molar-refractivity contribution in [3.8, 4) is 17.1 Å². The monoisotopic (exact) mass is 444 g/mol. The minimum atomic E-state index is -0.410. The van der Waals surface area contributed by atoms with Gasteiger partial charge in [-0.3, -0.25) is 18.5 Å². The van der Waals surface area contributed by atoms with E-state index in [2.05, 4.69) is 28.4 Å². The quantitative estimate of drug-likeness (QED) is 0.425. The molecular formula is C24H24N6O3. The third kappa shape index (κ3) is 3.07. The van der Waals surface area contributed by atoms with Crippen LogP contribution < -0.4 is 16.0 Å². The summed E-state index contributed by atoms with van der Waals surface area (Å²) in [6.07, 6.45) is 0. The SMILES string of the molecule is COc1ccc(-c2nnc3n(Cc4cc(C)ccc4C)c4c(=O)n(C)c(=O)n(C)c4n23)cc1. The molecule has 9 heteroatoms. The van der Waals surface area contributed by atoms with Crippen molar-refractivity contribution in [2.45, 2.75) is 20.4 Å². The summed E-state index contributed by atoms with van der Waals surface area (Å²) in [5, 5.41) is 8.87. The molecule has 5 aromatic rings. The minimum absolute atomic E-state index is 0.371. The van der Waals surface area contributed by atoms with Crippen molar-refractivity contribution < 1.29 is 4.74 Å². The van der Waals surface area contributed by atoms with Gasteiger partial charge in [0.05, 0.1) is 13.7 Å². The van der Waals surface area contributed by atoms with Crippen LogP contribution in [-0.4, -0.2) is 35.4 Å². The number of methoxy groups -OCH3 is 1. The number of hydrogen-bond acceptors (Lipinski definition) is 5. The molecule has 0 radical (unpaired) electrons. The topological polar surface area (TPSA) is 88.3 Å². The molecule has 0 spiro atoms. The molecule has 0 unspecified atom stereocenters. The van der Waals surface area contributed by atoms with Crippen LogP contribution in [0.4, 0.5) is 0 Å². The van der Waals surface area contributed by atoms with E-state index in [-0.39, 0.29) is 5.56 Å². The van der Waals surface area contributed by atoms with Crippen LogP contribution in [0, 0.1) is 13.8 Å². The Morgan fingerprint density at radius 1 is 0.939 bits per heavy atom. The lowest BCUT2D eigenvalue weighted by Gasteiger charge is -2.10. The summed E-state index contributed by atoms with van der Waals surface area (Å²) in [5.74, 6) is 1.76. The van der Waals surface area contributed by atoms with Gasteiger partial charge in [0.25, 0.3) is 5.56 Å². The molecule has 0 N–H and O–H groups in total. The fraction of sp³-hybridized carbons (Fsp3) is 0.250. The van der Waals surface area contributed by atoms with Gasteiger partial charge in [-0.1, -0.05) is 23.8 Å². The van der Waals surface area contributed by atoms with Gasteiger partial charge in [0.2, 0.25) is 5.78 Å². The number of ether oxygens (including phenoxy) is 1. The van der Waals surface area contributed by atoms with Gasteiger partial charge in [-0.2, -0.15) is 0 Å². The van der Waals surface area contributed by atoms with Gasteiger partial charge in [-0.15, -0.1) is 10.2 Å². The normalized spacial score (nSPS) is 11.5. The molecule has 3 aromatic heterocycles. The molecule has 0 fully saturated rings. The van der Waals surface area contributed by atoms with Crippen molar-refractivity contribution in [3.05, 3.63) is 80.0 Å². The highest BCUT2D eigenvalue weighted by Gasteiger charge is 2.24. The Hall–Kier alpha value is -4.14. The lowest BCUT2D eigenvalue weighted by Crippen LogP contribution is -2.37. The lowest BCUT2D eigenvalue weighted by molar-refractivity contribution is 0.415. The van der Waals surface area contributed by atoms with Gasteiger partial charge in [-0.25, -0.2) is 9.20 Å². The molecule has 9 nitrogen and oxygen atoms in total. The maximum atomic E-state index is 13.3. The fourth-order valence-electron chi connectivity index (χ4n) is 4.27. The summed E-state index contributed by atoms with van der Waals surface area (Å²) in [7, 11) is 4.76. The molecule has 0 atom stereocenters. The number of aryl methyl sites for hydroxylation is 3. The van der Waals surface area contributed by atoms with E-state index in [1.165, 1.54) is 11.6 Å². The molecule has 33 heavy (non-hydrogen) atoms. The van der Waals surface area contributed by atoms with E-state index in [0.717, 1.165) is 32.6 Å². The first kappa shape index (κ1) is 20.7. The van der Waals surface area contributed by atoms with Crippen LogP contribution in [0.2, 0.25) is 0 Å². The van der Waals surface area contributed by atoms with Crippen molar-refractivity contribution in [1.29, 1.82) is 0 Å². The summed E-state index contributed by atoms with van der Waals surface area (Å²) >= 11 is 0. The van der Waals surface area contributed by atoms with Crippen LogP contribution in [0.5, 0.6) is 5.75 Å². The molecule has 3 heterocycles. The molecule has 0 aliphatic heterocycles. The molecule has 0 bridgehead atoms. The smallest absolute Gasteiger partial charge is 0.332 e. The van der Waals surface area contributed by atoms with Gasteiger partial charge in [0.1, 0.15) is 5.75 Å². The van der Waals surface area contributed by atoms with Crippen molar-refractivity contribution in [2.75, 3.05) is 7.11 Å². The highest BCUT2D eigenvalue weighted by molar-refractivity contribution is 5.80. The van der Waals surface area contributed by atoms with E-state index in [1.807, 2.05) is 42.7 Å². The minimum Gasteiger partial charge on any atom is -0.497 e. The van der Waals surface area contributed by atoms with Crippen LogP contribution in [0.3, 0.4) is 0 Å².